The quantitative estimate of drug-likeness (QED) is 0.498. The minimum atomic E-state index is -0.341. The van der Waals surface area contributed by atoms with Gasteiger partial charge in [-0.1, -0.05) is 54.1 Å². The fourth-order valence-electron chi connectivity index (χ4n) is 4.11. The number of carbonyl (C=O) groups is 2. The molecule has 1 saturated heterocycles. The molecule has 0 saturated carbocycles. The Morgan fingerprint density at radius 1 is 0.771 bits per heavy atom. The van der Waals surface area contributed by atoms with Crippen LogP contribution >= 0.6 is 11.6 Å². The lowest BCUT2D eigenvalue weighted by atomic mass is 9.98. The van der Waals surface area contributed by atoms with Crippen LogP contribution in [0.1, 0.15) is 17.2 Å². The number of carbonyl (C=O) groups excluding carboxylic acids is 2. The van der Waals surface area contributed by atoms with Gasteiger partial charge >= 0.3 is 0 Å². The monoisotopic (exact) mass is 494 g/mol. The summed E-state index contributed by atoms with van der Waals surface area (Å²) < 4.78 is 13.0. The minimum absolute atomic E-state index is 0.0590. The van der Waals surface area contributed by atoms with Crippen molar-refractivity contribution in [2.45, 2.75) is 6.04 Å². The number of rotatable bonds is 8. The predicted molar refractivity (Wildman–Crippen MR) is 136 cm³/mol. The van der Waals surface area contributed by atoms with Gasteiger partial charge in [-0.05, 0) is 47.5 Å². The highest BCUT2D eigenvalue weighted by Crippen LogP contribution is 2.23. The lowest BCUT2D eigenvalue weighted by Crippen LogP contribution is -2.51. The zero-order valence-corrected chi connectivity index (χ0v) is 20.0. The van der Waals surface area contributed by atoms with Crippen LogP contribution in [0.5, 0.6) is 0 Å². The van der Waals surface area contributed by atoms with Crippen LogP contribution in [0.3, 0.4) is 0 Å². The summed E-state index contributed by atoms with van der Waals surface area (Å²) >= 11 is 6.05. The fraction of sp³-hybridized carbons (Fsp3) is 0.259. The molecular formula is C27H28ClFN4O2. The van der Waals surface area contributed by atoms with Crippen molar-refractivity contribution in [3.05, 3.63) is 101 Å². The highest BCUT2D eigenvalue weighted by Gasteiger charge is 2.23. The van der Waals surface area contributed by atoms with Gasteiger partial charge in [-0.15, -0.1) is 0 Å². The van der Waals surface area contributed by atoms with Crippen molar-refractivity contribution in [2.24, 2.45) is 0 Å². The first-order chi connectivity index (χ1) is 17.0. The van der Waals surface area contributed by atoms with Crippen LogP contribution in [0.25, 0.3) is 0 Å². The van der Waals surface area contributed by atoms with Crippen molar-refractivity contribution in [1.29, 1.82) is 0 Å². The van der Waals surface area contributed by atoms with Crippen molar-refractivity contribution >= 4 is 29.1 Å². The van der Waals surface area contributed by atoms with E-state index in [0.717, 1.165) is 11.1 Å². The molecule has 0 bridgehead atoms. The molecule has 2 amide bonds. The van der Waals surface area contributed by atoms with Crippen LogP contribution < -0.4 is 10.6 Å². The van der Waals surface area contributed by atoms with Crippen LogP contribution in [0.4, 0.5) is 10.1 Å². The first-order valence-electron chi connectivity index (χ1n) is 11.6. The van der Waals surface area contributed by atoms with E-state index in [9.17, 15) is 14.0 Å². The van der Waals surface area contributed by atoms with Gasteiger partial charge in [0.1, 0.15) is 5.82 Å². The van der Waals surface area contributed by atoms with E-state index in [1.807, 2.05) is 59.5 Å². The second kappa shape index (κ2) is 11.9. The van der Waals surface area contributed by atoms with Crippen molar-refractivity contribution in [2.75, 3.05) is 44.6 Å². The number of anilines is 1. The highest BCUT2D eigenvalue weighted by atomic mass is 35.5. The van der Waals surface area contributed by atoms with Crippen LogP contribution in [-0.4, -0.2) is 60.9 Å². The van der Waals surface area contributed by atoms with Crippen LogP contribution in [0.2, 0.25) is 5.02 Å². The molecule has 35 heavy (non-hydrogen) atoms. The van der Waals surface area contributed by atoms with Gasteiger partial charge in [-0.3, -0.25) is 19.4 Å². The normalized spacial score (nSPS) is 15.4. The Bertz CT molecular complexity index is 1120. The molecule has 182 valence electrons. The van der Waals surface area contributed by atoms with Gasteiger partial charge in [-0.2, -0.15) is 0 Å². The molecule has 1 aliphatic rings. The molecule has 4 rings (SSSR count). The Balaban J connectivity index is 1.27. The summed E-state index contributed by atoms with van der Waals surface area (Å²) in [5.74, 6) is -0.542. The zero-order chi connectivity index (χ0) is 24.6. The Morgan fingerprint density at radius 3 is 1.91 bits per heavy atom. The van der Waals surface area contributed by atoms with Crippen LogP contribution in [0, 0.1) is 5.82 Å². The van der Waals surface area contributed by atoms with Crippen molar-refractivity contribution in [3.8, 4) is 0 Å². The molecule has 8 heteroatoms. The number of amides is 2. The first kappa shape index (κ1) is 24.9. The van der Waals surface area contributed by atoms with Crippen molar-refractivity contribution in [1.82, 2.24) is 15.1 Å². The number of hydrogen-bond donors (Lipinski definition) is 2. The van der Waals surface area contributed by atoms with Gasteiger partial charge in [0.2, 0.25) is 11.8 Å². The van der Waals surface area contributed by atoms with Crippen molar-refractivity contribution < 1.29 is 14.0 Å². The van der Waals surface area contributed by atoms with Crippen LogP contribution in [0.15, 0.2) is 78.9 Å². The Hall–Kier alpha value is -3.26. The van der Waals surface area contributed by atoms with Gasteiger partial charge in [0.25, 0.3) is 0 Å². The third-order valence-electron chi connectivity index (χ3n) is 5.97. The molecule has 3 aromatic rings. The summed E-state index contributed by atoms with van der Waals surface area (Å²) in [6, 6.07) is 22.8. The van der Waals surface area contributed by atoms with E-state index >= 15 is 0 Å². The van der Waals surface area contributed by atoms with E-state index in [1.165, 1.54) is 24.3 Å². The number of hydrogen-bond acceptors (Lipinski definition) is 4. The Kier molecular flexibility index (Phi) is 8.47. The summed E-state index contributed by atoms with van der Waals surface area (Å²) in [6.45, 7) is 3.28. The number of nitrogens with one attached hydrogen (secondary N) is 2. The van der Waals surface area contributed by atoms with E-state index in [2.05, 4.69) is 15.5 Å². The molecule has 3 aromatic carbocycles. The summed E-state index contributed by atoms with van der Waals surface area (Å²) in [6.07, 6.45) is 0. The summed E-state index contributed by atoms with van der Waals surface area (Å²) in [4.78, 5) is 29.4. The van der Waals surface area contributed by atoms with E-state index in [4.69, 9.17) is 11.6 Å². The van der Waals surface area contributed by atoms with E-state index in [-0.39, 0.29) is 36.8 Å². The lowest BCUT2D eigenvalue weighted by Gasteiger charge is -2.34. The Morgan fingerprint density at radius 2 is 1.31 bits per heavy atom. The van der Waals surface area contributed by atoms with Gasteiger partial charge < -0.3 is 10.6 Å². The second-order valence-electron chi connectivity index (χ2n) is 8.57. The van der Waals surface area contributed by atoms with Gasteiger partial charge in [0, 0.05) is 36.9 Å². The third-order valence-corrected chi connectivity index (χ3v) is 6.22. The molecule has 1 heterocycles. The lowest BCUT2D eigenvalue weighted by molar-refractivity contribution is -0.124. The molecule has 0 aromatic heterocycles. The summed E-state index contributed by atoms with van der Waals surface area (Å²) in [5, 5.41) is 6.59. The predicted octanol–water partition coefficient (Wildman–Crippen LogP) is 3.94. The molecule has 1 aliphatic heterocycles. The highest BCUT2D eigenvalue weighted by molar-refractivity contribution is 6.30. The average molecular weight is 495 g/mol. The Labute approximate surface area is 209 Å². The molecule has 0 radical (unpaired) electrons. The molecule has 0 spiro atoms. The summed E-state index contributed by atoms with van der Waals surface area (Å²) in [5.41, 5.74) is 2.53. The topological polar surface area (TPSA) is 64.7 Å². The number of piperazine rings is 1. The smallest absolute Gasteiger partial charge is 0.238 e. The maximum atomic E-state index is 13.0. The minimum Gasteiger partial charge on any atom is -0.344 e. The second-order valence-corrected chi connectivity index (χ2v) is 9.01. The van der Waals surface area contributed by atoms with Gasteiger partial charge in [-0.25, -0.2) is 4.39 Å². The first-order valence-corrected chi connectivity index (χ1v) is 11.9. The largest absolute Gasteiger partial charge is 0.344 e. The molecule has 0 aliphatic carbocycles. The fourth-order valence-corrected chi connectivity index (χ4v) is 4.24. The number of nitrogens with zero attached hydrogens (tertiary/aromatic N) is 2. The molecule has 1 atom stereocenters. The van der Waals surface area contributed by atoms with E-state index in [1.54, 1.807) is 0 Å². The molecule has 0 unspecified atom stereocenters. The summed E-state index contributed by atoms with van der Waals surface area (Å²) in [7, 11) is 0. The van der Waals surface area contributed by atoms with Crippen LogP contribution in [-0.2, 0) is 9.59 Å². The number of halogens is 2. The zero-order valence-electron chi connectivity index (χ0n) is 19.3. The van der Waals surface area contributed by atoms with E-state index < -0.39 is 0 Å². The third kappa shape index (κ3) is 7.36. The number of benzene rings is 3. The van der Waals surface area contributed by atoms with Gasteiger partial charge in [0.05, 0.1) is 19.1 Å². The average Bonchev–Trinajstić information content (AvgIpc) is 2.86. The SMILES string of the molecule is O=C(CN1CCN(CC(=O)N[C@H](c2ccccc2)c2ccc(Cl)cc2)CC1)Nc1ccc(F)cc1. The maximum absolute atomic E-state index is 13.0. The standard InChI is InChI=1S/C27H28ClFN4O2/c28-22-8-6-21(7-9-22)27(20-4-2-1-3-5-20)31-26(35)19-33-16-14-32(15-17-33)18-25(34)30-24-12-10-23(29)11-13-24/h1-13,27H,14-19H2,(H,30,34)(H,31,35)/t27-/m1/s1. The molecule has 1 fully saturated rings. The van der Waals surface area contributed by atoms with E-state index in [0.29, 0.717) is 36.9 Å². The maximum Gasteiger partial charge on any atom is 0.238 e. The molecule has 2 N–H and O–H groups in total. The molecular weight excluding hydrogens is 467 g/mol. The van der Waals surface area contributed by atoms with Crippen molar-refractivity contribution in [3.63, 3.8) is 0 Å². The van der Waals surface area contributed by atoms with Gasteiger partial charge in [0.15, 0.2) is 0 Å². The molecule has 6 nitrogen and oxygen atoms in total.